The molecule has 0 fully saturated rings. The summed E-state index contributed by atoms with van der Waals surface area (Å²) < 4.78 is 18.2. The first-order valence-corrected chi connectivity index (χ1v) is 5.54. The van der Waals surface area contributed by atoms with Gasteiger partial charge in [0.2, 0.25) is 11.7 Å². The third kappa shape index (κ3) is 3.03. The molecule has 1 aromatic heterocycles. The van der Waals surface area contributed by atoms with Crippen LogP contribution in [0.15, 0.2) is 22.7 Å². The number of benzene rings is 1. The summed E-state index contributed by atoms with van der Waals surface area (Å²) in [7, 11) is 0. The van der Waals surface area contributed by atoms with Gasteiger partial charge in [0.1, 0.15) is 5.69 Å². The normalized spacial score (nSPS) is 10.4. The number of nitro groups is 1. The molecule has 1 aromatic carbocycles. The number of anilines is 1. The summed E-state index contributed by atoms with van der Waals surface area (Å²) in [6.45, 7) is 2.02. The molecule has 0 aliphatic rings. The van der Waals surface area contributed by atoms with Gasteiger partial charge in [-0.25, -0.2) is 0 Å². The minimum atomic E-state index is -0.872. The minimum absolute atomic E-state index is 0.126. The average Bonchev–Trinajstić information content (AvgIpc) is 2.74. The van der Waals surface area contributed by atoms with Crippen molar-refractivity contribution in [2.45, 2.75) is 13.3 Å². The number of para-hydroxylation sites is 1. The zero-order chi connectivity index (χ0) is 13.8. The summed E-state index contributed by atoms with van der Waals surface area (Å²) in [6.07, 6.45) is 0.397. The molecule has 100 valence electrons. The maximum Gasteiger partial charge on any atom is 0.327 e. The molecule has 0 saturated heterocycles. The van der Waals surface area contributed by atoms with Crippen LogP contribution in [-0.2, 0) is 6.42 Å². The molecule has 0 spiro atoms. The van der Waals surface area contributed by atoms with Crippen molar-refractivity contribution in [1.82, 2.24) is 10.1 Å². The van der Waals surface area contributed by atoms with Gasteiger partial charge in [0, 0.05) is 13.0 Å². The topological polar surface area (TPSA) is 94.1 Å². The maximum absolute atomic E-state index is 13.3. The van der Waals surface area contributed by atoms with Crippen molar-refractivity contribution < 1.29 is 13.8 Å². The van der Waals surface area contributed by atoms with Crippen LogP contribution in [0.25, 0.3) is 0 Å². The highest BCUT2D eigenvalue weighted by atomic mass is 19.1. The first-order valence-electron chi connectivity index (χ1n) is 5.54. The van der Waals surface area contributed by atoms with Crippen molar-refractivity contribution in [3.05, 3.63) is 45.8 Å². The first-order chi connectivity index (χ1) is 9.08. The highest BCUT2D eigenvalue weighted by molar-refractivity contribution is 5.61. The van der Waals surface area contributed by atoms with E-state index in [9.17, 15) is 14.5 Å². The summed E-state index contributed by atoms with van der Waals surface area (Å²) in [5.41, 5.74) is -0.439. The number of rotatable bonds is 5. The lowest BCUT2D eigenvalue weighted by atomic mass is 10.2. The van der Waals surface area contributed by atoms with Gasteiger partial charge in [0.15, 0.2) is 5.82 Å². The average molecular weight is 266 g/mol. The molecule has 0 unspecified atom stereocenters. The van der Waals surface area contributed by atoms with Crippen molar-refractivity contribution in [3.8, 4) is 0 Å². The van der Waals surface area contributed by atoms with Gasteiger partial charge in [-0.3, -0.25) is 10.1 Å². The van der Waals surface area contributed by atoms with E-state index in [1.165, 1.54) is 12.1 Å². The van der Waals surface area contributed by atoms with E-state index in [0.29, 0.717) is 24.7 Å². The molecule has 0 aliphatic carbocycles. The molecular weight excluding hydrogens is 255 g/mol. The molecule has 7 nitrogen and oxygen atoms in total. The van der Waals surface area contributed by atoms with E-state index in [0.717, 1.165) is 6.07 Å². The summed E-state index contributed by atoms with van der Waals surface area (Å²) in [5, 5.41) is 17.2. The fraction of sp³-hybridized carbons (Fsp3) is 0.273. The largest absolute Gasteiger partial charge is 0.379 e. The second-order valence-corrected chi connectivity index (χ2v) is 3.81. The van der Waals surface area contributed by atoms with Gasteiger partial charge in [0.05, 0.1) is 4.92 Å². The van der Waals surface area contributed by atoms with Crippen molar-refractivity contribution >= 4 is 11.4 Å². The van der Waals surface area contributed by atoms with Crippen LogP contribution >= 0.6 is 0 Å². The van der Waals surface area contributed by atoms with Crippen molar-refractivity contribution in [2.24, 2.45) is 0 Å². The first kappa shape index (κ1) is 12.9. The van der Waals surface area contributed by atoms with Crippen LogP contribution in [-0.4, -0.2) is 21.6 Å². The number of nitro benzene ring substituents is 1. The molecule has 0 bridgehead atoms. The van der Waals surface area contributed by atoms with E-state index in [1.807, 2.05) is 0 Å². The third-order valence-electron chi connectivity index (χ3n) is 2.39. The maximum atomic E-state index is 13.3. The molecule has 1 heterocycles. The van der Waals surface area contributed by atoms with Crippen molar-refractivity contribution in [1.29, 1.82) is 0 Å². The lowest BCUT2D eigenvalue weighted by molar-refractivity contribution is -0.386. The molecule has 0 saturated carbocycles. The Morgan fingerprint density at radius 2 is 2.32 bits per heavy atom. The Balaban J connectivity index is 2.03. The van der Waals surface area contributed by atoms with Gasteiger partial charge in [-0.05, 0) is 19.1 Å². The fourth-order valence-corrected chi connectivity index (χ4v) is 1.59. The SMILES string of the molecule is Cc1noc(CCNc2cccc(F)c2[N+](=O)[O-])n1. The van der Waals surface area contributed by atoms with E-state index >= 15 is 0 Å². The fourth-order valence-electron chi connectivity index (χ4n) is 1.59. The van der Waals surface area contributed by atoms with Crippen LogP contribution in [0.2, 0.25) is 0 Å². The lowest BCUT2D eigenvalue weighted by Crippen LogP contribution is -2.08. The Morgan fingerprint density at radius 1 is 1.53 bits per heavy atom. The number of hydrogen-bond donors (Lipinski definition) is 1. The van der Waals surface area contributed by atoms with E-state index in [1.54, 1.807) is 6.92 Å². The second kappa shape index (κ2) is 5.42. The van der Waals surface area contributed by atoms with Gasteiger partial charge < -0.3 is 9.84 Å². The zero-order valence-electron chi connectivity index (χ0n) is 10.1. The van der Waals surface area contributed by atoms with Crippen LogP contribution in [0.3, 0.4) is 0 Å². The molecular formula is C11H11FN4O3. The molecule has 1 N–H and O–H groups in total. The molecule has 0 atom stereocenters. The van der Waals surface area contributed by atoms with Crippen LogP contribution in [0.1, 0.15) is 11.7 Å². The van der Waals surface area contributed by atoms with Crippen LogP contribution in [0.4, 0.5) is 15.8 Å². The molecule has 19 heavy (non-hydrogen) atoms. The third-order valence-corrected chi connectivity index (χ3v) is 2.39. The van der Waals surface area contributed by atoms with Gasteiger partial charge in [-0.1, -0.05) is 11.2 Å². The van der Waals surface area contributed by atoms with Crippen LogP contribution < -0.4 is 5.32 Å². The van der Waals surface area contributed by atoms with Crippen LogP contribution in [0, 0.1) is 22.9 Å². The molecule has 8 heteroatoms. The Kier molecular flexibility index (Phi) is 3.69. The zero-order valence-corrected chi connectivity index (χ0v) is 10.1. The van der Waals surface area contributed by atoms with Gasteiger partial charge in [-0.15, -0.1) is 0 Å². The Bertz CT molecular complexity index is 599. The number of aryl methyl sites for hydroxylation is 1. The van der Waals surface area contributed by atoms with Crippen molar-refractivity contribution in [3.63, 3.8) is 0 Å². The van der Waals surface area contributed by atoms with E-state index in [2.05, 4.69) is 15.5 Å². The molecule has 0 radical (unpaired) electrons. The van der Waals surface area contributed by atoms with Crippen LogP contribution in [0.5, 0.6) is 0 Å². The smallest absolute Gasteiger partial charge is 0.327 e. The Hall–Kier alpha value is -2.51. The summed E-state index contributed by atoms with van der Waals surface area (Å²) in [4.78, 5) is 14.0. The number of nitrogens with one attached hydrogen (secondary N) is 1. The second-order valence-electron chi connectivity index (χ2n) is 3.81. The lowest BCUT2D eigenvalue weighted by Gasteiger charge is -2.05. The number of halogens is 1. The Labute approximate surface area is 107 Å². The summed E-state index contributed by atoms with van der Waals surface area (Å²) in [6, 6.07) is 3.90. The van der Waals surface area contributed by atoms with E-state index in [4.69, 9.17) is 4.52 Å². The van der Waals surface area contributed by atoms with Gasteiger partial charge >= 0.3 is 5.69 Å². The highest BCUT2D eigenvalue weighted by Gasteiger charge is 2.19. The summed E-state index contributed by atoms with van der Waals surface area (Å²) >= 11 is 0. The number of nitrogens with zero attached hydrogens (tertiary/aromatic N) is 3. The quantitative estimate of drug-likeness (QED) is 0.657. The standard InChI is InChI=1S/C11H11FN4O3/c1-7-14-10(19-15-7)5-6-13-9-4-2-3-8(12)11(9)16(17)18/h2-4,13H,5-6H2,1H3. The highest BCUT2D eigenvalue weighted by Crippen LogP contribution is 2.26. The molecule has 2 aromatic rings. The van der Waals surface area contributed by atoms with Crippen molar-refractivity contribution in [2.75, 3.05) is 11.9 Å². The predicted molar refractivity (Wildman–Crippen MR) is 64.3 cm³/mol. The monoisotopic (exact) mass is 266 g/mol. The summed E-state index contributed by atoms with van der Waals surface area (Å²) in [5.74, 6) is 0.0689. The Morgan fingerprint density at radius 3 is 2.95 bits per heavy atom. The van der Waals surface area contributed by atoms with E-state index in [-0.39, 0.29) is 5.69 Å². The molecule has 0 aliphatic heterocycles. The predicted octanol–water partition coefficient (Wildman–Crippen LogP) is 2.08. The molecule has 2 rings (SSSR count). The minimum Gasteiger partial charge on any atom is -0.379 e. The van der Waals surface area contributed by atoms with E-state index < -0.39 is 16.4 Å². The molecule has 0 amide bonds. The van der Waals surface area contributed by atoms with Gasteiger partial charge in [0.25, 0.3) is 0 Å². The number of hydrogen-bond acceptors (Lipinski definition) is 6. The number of aromatic nitrogens is 2. The van der Waals surface area contributed by atoms with Gasteiger partial charge in [-0.2, -0.15) is 9.37 Å².